The van der Waals surface area contributed by atoms with Gasteiger partial charge in [0, 0.05) is 25.0 Å². The van der Waals surface area contributed by atoms with Crippen molar-refractivity contribution in [2.24, 2.45) is 0 Å². The molecule has 0 bridgehead atoms. The average molecular weight is 232 g/mol. The topological polar surface area (TPSA) is 51.2 Å². The molecule has 0 spiro atoms. The number of nitrogens with one attached hydrogen (secondary N) is 1. The quantitative estimate of drug-likeness (QED) is 0.805. The SMILES string of the molecule is C=CC(=O)NC1CCOC(c2cccnc2)C1. The standard InChI is InChI=1S/C13H16N2O2/c1-2-13(16)15-11-5-7-17-12(8-11)10-4-3-6-14-9-10/h2-4,6,9,11-12H,1,5,7-8H2,(H,15,16). The highest BCUT2D eigenvalue weighted by Crippen LogP contribution is 2.27. The molecular weight excluding hydrogens is 216 g/mol. The van der Waals surface area contributed by atoms with Gasteiger partial charge in [-0.2, -0.15) is 0 Å². The number of nitrogens with zero attached hydrogens (tertiary/aromatic N) is 1. The number of rotatable bonds is 3. The number of hydrogen-bond acceptors (Lipinski definition) is 3. The number of ether oxygens (including phenoxy) is 1. The summed E-state index contributed by atoms with van der Waals surface area (Å²) >= 11 is 0. The van der Waals surface area contributed by atoms with Crippen LogP contribution in [0.4, 0.5) is 0 Å². The van der Waals surface area contributed by atoms with Crippen LogP contribution in [0.5, 0.6) is 0 Å². The number of carbonyl (C=O) groups excluding carboxylic acids is 1. The molecule has 1 aromatic heterocycles. The number of pyridine rings is 1. The van der Waals surface area contributed by atoms with Crippen LogP contribution in [0.2, 0.25) is 0 Å². The lowest BCUT2D eigenvalue weighted by atomic mass is 9.98. The van der Waals surface area contributed by atoms with E-state index in [1.807, 2.05) is 18.3 Å². The molecule has 0 radical (unpaired) electrons. The first-order valence-electron chi connectivity index (χ1n) is 5.74. The summed E-state index contributed by atoms with van der Waals surface area (Å²) in [6.45, 7) is 4.10. The Morgan fingerprint density at radius 3 is 3.24 bits per heavy atom. The Morgan fingerprint density at radius 1 is 1.65 bits per heavy atom. The van der Waals surface area contributed by atoms with Gasteiger partial charge in [0.1, 0.15) is 0 Å². The second kappa shape index (κ2) is 5.59. The molecule has 1 aromatic rings. The zero-order valence-corrected chi connectivity index (χ0v) is 9.63. The van der Waals surface area contributed by atoms with Crippen molar-refractivity contribution in [3.8, 4) is 0 Å². The molecule has 90 valence electrons. The molecule has 17 heavy (non-hydrogen) atoms. The molecule has 0 saturated carbocycles. The minimum atomic E-state index is -0.123. The van der Waals surface area contributed by atoms with Crippen molar-refractivity contribution in [3.05, 3.63) is 42.7 Å². The van der Waals surface area contributed by atoms with Gasteiger partial charge in [-0.05, 0) is 30.5 Å². The molecule has 4 heteroatoms. The van der Waals surface area contributed by atoms with Crippen molar-refractivity contribution >= 4 is 5.91 Å². The highest BCUT2D eigenvalue weighted by molar-refractivity contribution is 5.87. The van der Waals surface area contributed by atoms with Gasteiger partial charge >= 0.3 is 0 Å². The minimum absolute atomic E-state index is 0.0209. The Hall–Kier alpha value is -1.68. The lowest BCUT2D eigenvalue weighted by Crippen LogP contribution is -2.39. The molecule has 2 rings (SSSR count). The first-order valence-corrected chi connectivity index (χ1v) is 5.74. The van der Waals surface area contributed by atoms with Crippen LogP contribution in [-0.2, 0) is 9.53 Å². The average Bonchev–Trinajstić information content (AvgIpc) is 2.40. The minimum Gasteiger partial charge on any atom is -0.373 e. The van der Waals surface area contributed by atoms with E-state index in [0.717, 1.165) is 18.4 Å². The van der Waals surface area contributed by atoms with Gasteiger partial charge in [-0.15, -0.1) is 0 Å². The normalized spacial score (nSPS) is 24.0. The molecule has 2 atom stereocenters. The molecule has 1 fully saturated rings. The Balaban J connectivity index is 1.97. The maximum Gasteiger partial charge on any atom is 0.243 e. The van der Waals surface area contributed by atoms with Crippen LogP contribution in [-0.4, -0.2) is 23.5 Å². The molecule has 1 saturated heterocycles. The number of carbonyl (C=O) groups is 1. The molecule has 1 N–H and O–H groups in total. The lowest BCUT2D eigenvalue weighted by molar-refractivity contribution is -0.118. The van der Waals surface area contributed by atoms with Crippen molar-refractivity contribution < 1.29 is 9.53 Å². The van der Waals surface area contributed by atoms with Gasteiger partial charge in [-0.25, -0.2) is 0 Å². The monoisotopic (exact) mass is 232 g/mol. The summed E-state index contributed by atoms with van der Waals surface area (Å²) in [5, 5.41) is 2.91. The maximum atomic E-state index is 11.2. The fourth-order valence-corrected chi connectivity index (χ4v) is 1.99. The molecule has 2 heterocycles. The van der Waals surface area contributed by atoms with Crippen molar-refractivity contribution in [3.63, 3.8) is 0 Å². The van der Waals surface area contributed by atoms with Crippen molar-refractivity contribution in [2.75, 3.05) is 6.61 Å². The summed E-state index contributed by atoms with van der Waals surface area (Å²) in [7, 11) is 0. The highest BCUT2D eigenvalue weighted by Gasteiger charge is 2.24. The number of hydrogen-bond donors (Lipinski definition) is 1. The number of amides is 1. The van der Waals surface area contributed by atoms with Crippen LogP contribution in [0.25, 0.3) is 0 Å². The summed E-state index contributed by atoms with van der Waals surface area (Å²) in [6, 6.07) is 4.04. The molecule has 1 aliphatic rings. The smallest absolute Gasteiger partial charge is 0.243 e. The molecular formula is C13H16N2O2. The van der Waals surface area contributed by atoms with E-state index in [4.69, 9.17) is 4.74 Å². The summed E-state index contributed by atoms with van der Waals surface area (Å²) in [5.74, 6) is -0.123. The molecule has 2 unspecified atom stereocenters. The van der Waals surface area contributed by atoms with E-state index in [-0.39, 0.29) is 18.1 Å². The van der Waals surface area contributed by atoms with E-state index in [0.29, 0.717) is 6.61 Å². The van der Waals surface area contributed by atoms with E-state index < -0.39 is 0 Å². The maximum absolute atomic E-state index is 11.2. The van der Waals surface area contributed by atoms with Crippen molar-refractivity contribution in [1.29, 1.82) is 0 Å². The van der Waals surface area contributed by atoms with E-state index in [2.05, 4.69) is 16.9 Å². The molecule has 1 amide bonds. The van der Waals surface area contributed by atoms with Crippen LogP contribution in [0.3, 0.4) is 0 Å². The second-order valence-corrected chi connectivity index (χ2v) is 4.08. The molecule has 0 aromatic carbocycles. The van der Waals surface area contributed by atoms with Gasteiger partial charge in [0.15, 0.2) is 0 Å². The first-order chi connectivity index (χ1) is 8.29. The van der Waals surface area contributed by atoms with Crippen molar-refractivity contribution in [1.82, 2.24) is 10.3 Å². The molecule has 1 aliphatic heterocycles. The van der Waals surface area contributed by atoms with E-state index in [9.17, 15) is 4.79 Å². The Labute approximate surface area is 101 Å². The summed E-state index contributed by atoms with van der Waals surface area (Å²) in [4.78, 5) is 15.3. The van der Waals surface area contributed by atoms with Gasteiger partial charge in [0.2, 0.25) is 5.91 Å². The summed E-state index contributed by atoms with van der Waals surface area (Å²) in [5.41, 5.74) is 1.06. The third-order valence-electron chi connectivity index (χ3n) is 2.87. The third kappa shape index (κ3) is 3.14. The van der Waals surface area contributed by atoms with Gasteiger partial charge < -0.3 is 10.1 Å². The zero-order chi connectivity index (χ0) is 12.1. The van der Waals surface area contributed by atoms with Crippen LogP contribution in [0, 0.1) is 0 Å². The van der Waals surface area contributed by atoms with Gasteiger partial charge in [0.05, 0.1) is 6.10 Å². The predicted molar refractivity (Wildman–Crippen MR) is 64.3 cm³/mol. The number of aromatic nitrogens is 1. The fraction of sp³-hybridized carbons (Fsp3) is 0.385. The largest absolute Gasteiger partial charge is 0.373 e. The van der Waals surface area contributed by atoms with Crippen LogP contribution < -0.4 is 5.32 Å². The van der Waals surface area contributed by atoms with E-state index in [1.54, 1.807) is 6.20 Å². The zero-order valence-electron chi connectivity index (χ0n) is 9.63. The van der Waals surface area contributed by atoms with Crippen LogP contribution >= 0.6 is 0 Å². The fourth-order valence-electron chi connectivity index (χ4n) is 1.99. The molecule has 0 aliphatic carbocycles. The summed E-state index contributed by atoms with van der Waals surface area (Å²) < 4.78 is 5.69. The van der Waals surface area contributed by atoms with Gasteiger partial charge in [-0.1, -0.05) is 12.6 Å². The first kappa shape index (κ1) is 11.8. The van der Waals surface area contributed by atoms with Crippen molar-refractivity contribution in [2.45, 2.75) is 25.0 Å². The van der Waals surface area contributed by atoms with Gasteiger partial charge in [0.25, 0.3) is 0 Å². The van der Waals surface area contributed by atoms with E-state index >= 15 is 0 Å². The summed E-state index contributed by atoms with van der Waals surface area (Å²) in [6.07, 6.45) is 6.49. The van der Waals surface area contributed by atoms with E-state index in [1.165, 1.54) is 6.08 Å². The Morgan fingerprint density at radius 2 is 2.53 bits per heavy atom. The van der Waals surface area contributed by atoms with Crippen LogP contribution in [0.15, 0.2) is 37.2 Å². The molecule has 4 nitrogen and oxygen atoms in total. The Kier molecular flexibility index (Phi) is 3.88. The Bertz CT molecular complexity index is 392. The highest BCUT2D eigenvalue weighted by atomic mass is 16.5. The second-order valence-electron chi connectivity index (χ2n) is 4.08. The van der Waals surface area contributed by atoms with Crippen LogP contribution in [0.1, 0.15) is 24.5 Å². The lowest BCUT2D eigenvalue weighted by Gasteiger charge is -2.29. The predicted octanol–water partition coefficient (Wildman–Crippen LogP) is 1.60. The third-order valence-corrected chi connectivity index (χ3v) is 2.87. The van der Waals surface area contributed by atoms with Gasteiger partial charge in [-0.3, -0.25) is 9.78 Å².